The van der Waals surface area contributed by atoms with Crippen molar-refractivity contribution in [2.75, 3.05) is 13.7 Å². The van der Waals surface area contributed by atoms with Gasteiger partial charge in [-0.3, -0.25) is 15.2 Å². The van der Waals surface area contributed by atoms with Crippen LogP contribution in [0.3, 0.4) is 0 Å². The molecule has 11 nitrogen and oxygen atoms in total. The number of hydrogen-bond donors (Lipinski definition) is 2. The maximum atomic E-state index is 13.5. The zero-order valence-corrected chi connectivity index (χ0v) is 26.3. The summed E-state index contributed by atoms with van der Waals surface area (Å²) in [5.74, 6) is -1.29. The molecule has 0 radical (unpaired) electrons. The second-order valence-electron chi connectivity index (χ2n) is 11.4. The van der Waals surface area contributed by atoms with E-state index in [1.165, 1.54) is 25.3 Å². The minimum absolute atomic E-state index is 0.0250. The van der Waals surface area contributed by atoms with Gasteiger partial charge in [-0.2, -0.15) is 0 Å². The average molecular weight is 617 g/mol. The Hall–Kier alpha value is -4.93. The second-order valence-corrected chi connectivity index (χ2v) is 11.4. The molecule has 238 valence electrons. The molecule has 1 aromatic heterocycles. The third kappa shape index (κ3) is 8.17. The Kier molecular flexibility index (Phi) is 11.1. The summed E-state index contributed by atoms with van der Waals surface area (Å²) in [5.41, 5.74) is 3.62. The Labute approximate surface area is 262 Å². The van der Waals surface area contributed by atoms with E-state index in [0.29, 0.717) is 29.3 Å². The van der Waals surface area contributed by atoms with Crippen molar-refractivity contribution in [3.8, 4) is 17.1 Å². The van der Waals surface area contributed by atoms with Crippen LogP contribution in [-0.4, -0.2) is 46.9 Å². The van der Waals surface area contributed by atoms with Gasteiger partial charge >= 0.3 is 11.9 Å². The number of nitrogens with zero attached hydrogens (tertiary/aromatic N) is 2. The number of nitrogens with one attached hydrogen (secondary N) is 2. The number of hydrogen-bond acceptors (Lipinski definition) is 9. The quantitative estimate of drug-likeness (QED) is 0.0885. The third-order valence-corrected chi connectivity index (χ3v) is 7.82. The molecule has 11 heteroatoms. The minimum atomic E-state index is -0.889. The van der Waals surface area contributed by atoms with Crippen molar-refractivity contribution in [1.29, 1.82) is 0 Å². The van der Waals surface area contributed by atoms with Gasteiger partial charge in [-0.1, -0.05) is 56.3 Å². The fourth-order valence-corrected chi connectivity index (χ4v) is 5.48. The van der Waals surface area contributed by atoms with Crippen molar-refractivity contribution in [3.05, 3.63) is 98.9 Å². The molecule has 2 heterocycles. The second kappa shape index (κ2) is 15.2. The molecule has 3 aromatic rings. The number of nitro benzene ring substituents is 1. The standard InChI is InChI=1S/C34H40N4O7/c1-21(2)28(45-29-20-27(36-37-29)24-13-8-6-9-14-24)17-10-7-11-18-44-34(40)31-23(4)35-22(3)30(33(39)43-5)32(31)25-15-12-16-26(19-25)38(41)42/h6,8-9,12-16,19-21,28,32,35H,7,10-11,17-18H2,1-5H3,(H,36,37). The number of H-pyrrole nitrogens is 1. The summed E-state index contributed by atoms with van der Waals surface area (Å²) in [6.45, 7) is 7.82. The molecule has 2 aromatic carbocycles. The number of aromatic nitrogens is 2. The lowest BCUT2D eigenvalue weighted by atomic mass is 9.80. The molecule has 0 fully saturated rings. The molecule has 45 heavy (non-hydrogen) atoms. The Morgan fingerprint density at radius 3 is 2.33 bits per heavy atom. The first kappa shape index (κ1) is 33.0. The number of esters is 2. The van der Waals surface area contributed by atoms with Gasteiger partial charge in [0.25, 0.3) is 5.69 Å². The van der Waals surface area contributed by atoms with Gasteiger partial charge in [0, 0.05) is 29.6 Å². The highest BCUT2D eigenvalue weighted by molar-refractivity contribution is 5.99. The highest BCUT2D eigenvalue weighted by Crippen LogP contribution is 2.40. The van der Waals surface area contributed by atoms with Gasteiger partial charge < -0.3 is 19.5 Å². The third-order valence-electron chi connectivity index (χ3n) is 7.82. The molecule has 0 amide bonds. The summed E-state index contributed by atoms with van der Waals surface area (Å²) in [6, 6.07) is 17.7. The average Bonchev–Trinajstić information content (AvgIpc) is 3.50. The fourth-order valence-electron chi connectivity index (χ4n) is 5.48. The number of rotatable bonds is 14. The Morgan fingerprint density at radius 1 is 0.956 bits per heavy atom. The first-order valence-corrected chi connectivity index (χ1v) is 15.1. The van der Waals surface area contributed by atoms with Crippen LogP contribution in [0.1, 0.15) is 64.9 Å². The monoisotopic (exact) mass is 616 g/mol. The Morgan fingerprint density at radius 2 is 1.67 bits per heavy atom. The first-order valence-electron chi connectivity index (χ1n) is 15.1. The van der Waals surface area contributed by atoms with Gasteiger partial charge in [-0.15, -0.1) is 5.10 Å². The van der Waals surface area contributed by atoms with E-state index >= 15 is 0 Å². The SMILES string of the molecule is COC(=O)C1=C(C)NC(C)=C(C(=O)OCCCCCC(Oc2cc(-c3ccccc3)[nH]n2)C(C)C)C1c1cccc([N+](=O)[O-])c1. The van der Waals surface area contributed by atoms with Crippen LogP contribution in [0, 0.1) is 16.0 Å². The zero-order valence-electron chi connectivity index (χ0n) is 26.3. The number of benzene rings is 2. The number of unbranched alkanes of at least 4 members (excludes halogenated alkanes) is 2. The number of non-ortho nitro benzene ring substituents is 1. The molecule has 2 unspecified atom stereocenters. The molecule has 4 rings (SSSR count). The van der Waals surface area contributed by atoms with E-state index in [2.05, 4.69) is 29.4 Å². The highest BCUT2D eigenvalue weighted by atomic mass is 16.6. The summed E-state index contributed by atoms with van der Waals surface area (Å²) in [6.07, 6.45) is 3.10. The summed E-state index contributed by atoms with van der Waals surface area (Å²) in [7, 11) is 1.25. The summed E-state index contributed by atoms with van der Waals surface area (Å²) in [5, 5.41) is 21.9. The van der Waals surface area contributed by atoms with Crippen LogP contribution < -0.4 is 10.1 Å². The van der Waals surface area contributed by atoms with E-state index in [4.69, 9.17) is 14.2 Å². The normalized spacial score (nSPS) is 15.5. The molecule has 0 bridgehead atoms. The molecule has 2 atom stereocenters. The van der Waals surface area contributed by atoms with E-state index in [9.17, 15) is 19.7 Å². The van der Waals surface area contributed by atoms with E-state index in [1.807, 2.05) is 36.4 Å². The first-order chi connectivity index (χ1) is 21.6. The van der Waals surface area contributed by atoms with Gasteiger partial charge in [0.15, 0.2) is 0 Å². The van der Waals surface area contributed by atoms with E-state index in [1.54, 1.807) is 19.9 Å². The van der Waals surface area contributed by atoms with Crippen LogP contribution in [-0.2, 0) is 19.1 Å². The van der Waals surface area contributed by atoms with Crippen LogP contribution in [0.15, 0.2) is 83.2 Å². The van der Waals surface area contributed by atoms with Crippen LogP contribution in [0.2, 0.25) is 0 Å². The summed E-state index contributed by atoms with van der Waals surface area (Å²) < 4.78 is 16.9. The van der Waals surface area contributed by atoms with Gasteiger partial charge in [0.2, 0.25) is 5.88 Å². The topological polar surface area (TPSA) is 146 Å². The summed E-state index contributed by atoms with van der Waals surface area (Å²) >= 11 is 0. The number of nitro groups is 1. The van der Waals surface area contributed by atoms with Crippen LogP contribution in [0.4, 0.5) is 5.69 Å². The lowest BCUT2D eigenvalue weighted by Gasteiger charge is -2.30. The van der Waals surface area contributed by atoms with Crippen molar-refractivity contribution >= 4 is 17.6 Å². The molecule has 0 saturated heterocycles. The van der Waals surface area contributed by atoms with Crippen molar-refractivity contribution in [2.45, 2.75) is 65.4 Å². The molecular formula is C34H40N4O7. The largest absolute Gasteiger partial charge is 0.473 e. The molecule has 0 spiro atoms. The predicted molar refractivity (Wildman–Crippen MR) is 169 cm³/mol. The maximum absolute atomic E-state index is 13.5. The number of methoxy groups -OCH3 is 1. The van der Waals surface area contributed by atoms with Crippen LogP contribution >= 0.6 is 0 Å². The van der Waals surface area contributed by atoms with Gasteiger partial charge in [0.1, 0.15) is 6.10 Å². The number of carbonyl (C=O) groups is 2. The molecular weight excluding hydrogens is 576 g/mol. The number of allylic oxidation sites excluding steroid dienone is 2. The molecule has 1 aliphatic rings. The Balaban J connectivity index is 1.35. The smallest absolute Gasteiger partial charge is 0.336 e. The number of aromatic amines is 1. The Bertz CT molecular complexity index is 1580. The van der Waals surface area contributed by atoms with E-state index < -0.39 is 22.8 Å². The van der Waals surface area contributed by atoms with Crippen LogP contribution in [0.5, 0.6) is 5.88 Å². The molecule has 0 aliphatic carbocycles. The van der Waals surface area contributed by atoms with Crippen molar-refractivity contribution < 1.29 is 28.7 Å². The van der Waals surface area contributed by atoms with Gasteiger partial charge in [-0.05, 0) is 56.6 Å². The van der Waals surface area contributed by atoms with Gasteiger partial charge in [0.05, 0.1) is 41.4 Å². The van der Waals surface area contributed by atoms with Gasteiger partial charge in [-0.25, -0.2) is 9.59 Å². The number of dihydropyridines is 1. The number of ether oxygens (including phenoxy) is 3. The van der Waals surface area contributed by atoms with E-state index in [-0.39, 0.29) is 35.5 Å². The minimum Gasteiger partial charge on any atom is -0.473 e. The highest BCUT2D eigenvalue weighted by Gasteiger charge is 2.38. The molecule has 0 saturated carbocycles. The van der Waals surface area contributed by atoms with E-state index in [0.717, 1.165) is 30.5 Å². The maximum Gasteiger partial charge on any atom is 0.336 e. The molecule has 1 aliphatic heterocycles. The predicted octanol–water partition coefficient (Wildman–Crippen LogP) is 6.60. The lowest BCUT2D eigenvalue weighted by Crippen LogP contribution is -2.32. The zero-order chi connectivity index (χ0) is 32.5. The van der Waals surface area contributed by atoms with Crippen molar-refractivity contribution in [1.82, 2.24) is 15.5 Å². The van der Waals surface area contributed by atoms with Crippen molar-refractivity contribution in [3.63, 3.8) is 0 Å². The lowest BCUT2D eigenvalue weighted by molar-refractivity contribution is -0.384. The fraction of sp³-hybridized carbons (Fsp3) is 0.382. The summed E-state index contributed by atoms with van der Waals surface area (Å²) in [4.78, 5) is 37.2. The van der Waals surface area contributed by atoms with Crippen LogP contribution in [0.25, 0.3) is 11.3 Å². The van der Waals surface area contributed by atoms with Crippen molar-refractivity contribution in [2.24, 2.45) is 5.92 Å². The molecule has 2 N–H and O–H groups in total. The number of carbonyl (C=O) groups excluding carboxylic acids is 2.